The van der Waals surface area contributed by atoms with Crippen molar-refractivity contribution in [3.63, 3.8) is 0 Å². The number of halogens is 1. The molecule has 17 heavy (non-hydrogen) atoms. The van der Waals surface area contributed by atoms with Crippen LogP contribution in [0.2, 0.25) is 5.15 Å². The van der Waals surface area contributed by atoms with E-state index in [1.807, 2.05) is 6.07 Å². The largest absolute Gasteiger partial charge is 0.356 e. The van der Waals surface area contributed by atoms with Gasteiger partial charge in [0.1, 0.15) is 17.3 Å². The fourth-order valence-electron chi connectivity index (χ4n) is 2.29. The number of hydrogen-bond acceptors (Lipinski definition) is 4. The van der Waals surface area contributed by atoms with E-state index < -0.39 is 0 Å². The summed E-state index contributed by atoms with van der Waals surface area (Å²) in [6, 6.07) is 1.87. The van der Waals surface area contributed by atoms with Crippen LogP contribution in [0.3, 0.4) is 0 Å². The van der Waals surface area contributed by atoms with Crippen LogP contribution in [-0.4, -0.2) is 32.7 Å². The molecule has 0 aliphatic carbocycles. The molecule has 0 radical (unpaired) electrons. The lowest BCUT2D eigenvalue weighted by Crippen LogP contribution is -2.26. The van der Waals surface area contributed by atoms with Gasteiger partial charge in [-0.05, 0) is 12.8 Å². The van der Waals surface area contributed by atoms with Gasteiger partial charge in [-0.25, -0.2) is 0 Å². The summed E-state index contributed by atoms with van der Waals surface area (Å²) < 4.78 is 1.76. The maximum Gasteiger partial charge on any atom is 0.255 e. The van der Waals surface area contributed by atoms with Gasteiger partial charge in [0.05, 0.1) is 0 Å². The van der Waals surface area contributed by atoms with E-state index in [4.69, 9.17) is 11.6 Å². The van der Waals surface area contributed by atoms with Gasteiger partial charge in [-0.2, -0.15) is 19.6 Å². The van der Waals surface area contributed by atoms with Crippen molar-refractivity contribution in [1.29, 1.82) is 0 Å². The third-order valence-electron chi connectivity index (χ3n) is 3.13. The molecule has 0 aromatic carbocycles. The fraction of sp³-hybridized carbons (Fsp3) is 0.545. The van der Waals surface area contributed by atoms with Crippen LogP contribution in [0.15, 0.2) is 12.4 Å². The van der Waals surface area contributed by atoms with Crippen molar-refractivity contribution in [1.82, 2.24) is 19.6 Å². The average molecular weight is 252 g/mol. The van der Waals surface area contributed by atoms with Gasteiger partial charge in [-0.15, -0.1) is 0 Å². The lowest BCUT2D eigenvalue weighted by atomic mass is 10.2. The zero-order valence-electron chi connectivity index (χ0n) is 9.51. The zero-order chi connectivity index (χ0) is 11.7. The molecule has 1 aliphatic rings. The molecule has 0 saturated carbocycles. The van der Waals surface area contributed by atoms with Crippen LogP contribution in [0.4, 0.5) is 5.82 Å². The summed E-state index contributed by atoms with van der Waals surface area (Å²) in [5.41, 5.74) is 0. The van der Waals surface area contributed by atoms with Crippen LogP contribution in [0.1, 0.15) is 25.7 Å². The molecule has 90 valence electrons. The molecule has 0 spiro atoms. The second kappa shape index (κ2) is 4.49. The van der Waals surface area contributed by atoms with Crippen molar-refractivity contribution in [2.45, 2.75) is 25.7 Å². The Morgan fingerprint density at radius 3 is 2.65 bits per heavy atom. The second-order valence-electron chi connectivity index (χ2n) is 4.31. The van der Waals surface area contributed by atoms with Gasteiger partial charge in [0.2, 0.25) is 0 Å². The first-order chi connectivity index (χ1) is 8.34. The predicted molar refractivity (Wildman–Crippen MR) is 66.5 cm³/mol. The first-order valence-corrected chi connectivity index (χ1v) is 6.33. The van der Waals surface area contributed by atoms with Crippen molar-refractivity contribution < 1.29 is 0 Å². The van der Waals surface area contributed by atoms with E-state index in [-0.39, 0.29) is 0 Å². The summed E-state index contributed by atoms with van der Waals surface area (Å²) in [7, 11) is 0. The molecule has 1 aliphatic heterocycles. The Labute approximate surface area is 104 Å². The molecule has 2 aromatic rings. The van der Waals surface area contributed by atoms with Crippen LogP contribution < -0.4 is 4.90 Å². The molecule has 0 amide bonds. The molecule has 0 unspecified atom stereocenters. The molecule has 6 heteroatoms. The molecule has 0 atom stereocenters. The minimum Gasteiger partial charge on any atom is -0.356 e. The highest BCUT2D eigenvalue weighted by Gasteiger charge is 2.15. The van der Waals surface area contributed by atoms with Crippen molar-refractivity contribution in [3.8, 4) is 0 Å². The maximum atomic E-state index is 6.02. The maximum absolute atomic E-state index is 6.02. The van der Waals surface area contributed by atoms with E-state index in [0.717, 1.165) is 18.9 Å². The minimum absolute atomic E-state index is 0.477. The topological polar surface area (TPSA) is 46.3 Å². The molecule has 5 nitrogen and oxygen atoms in total. The first kappa shape index (κ1) is 10.8. The van der Waals surface area contributed by atoms with Crippen LogP contribution in [0.25, 0.3) is 5.78 Å². The van der Waals surface area contributed by atoms with E-state index in [1.54, 1.807) is 4.52 Å². The lowest BCUT2D eigenvalue weighted by Gasteiger charge is -2.22. The monoisotopic (exact) mass is 251 g/mol. The smallest absolute Gasteiger partial charge is 0.255 e. The number of fused-ring (bicyclic) bond motifs is 1. The summed E-state index contributed by atoms with van der Waals surface area (Å²) in [5.74, 6) is 1.57. The molecule has 0 bridgehead atoms. The standard InChI is InChI=1S/C11H14ClN5/c12-9-7-10(16-5-3-1-2-4-6-16)17-11(15-9)13-8-14-17/h7-8H,1-6H2. The highest BCUT2D eigenvalue weighted by Crippen LogP contribution is 2.22. The lowest BCUT2D eigenvalue weighted by molar-refractivity contribution is 0.726. The number of hydrogen-bond donors (Lipinski definition) is 0. The Bertz CT molecular complexity index is 516. The van der Waals surface area contributed by atoms with Gasteiger partial charge in [-0.1, -0.05) is 24.4 Å². The third-order valence-corrected chi connectivity index (χ3v) is 3.33. The van der Waals surface area contributed by atoms with Gasteiger partial charge in [0.15, 0.2) is 0 Å². The van der Waals surface area contributed by atoms with E-state index in [1.165, 1.54) is 32.0 Å². The highest BCUT2D eigenvalue weighted by atomic mass is 35.5. The Kier molecular flexibility index (Phi) is 2.84. The number of rotatable bonds is 1. The first-order valence-electron chi connectivity index (χ1n) is 5.96. The number of aromatic nitrogens is 4. The van der Waals surface area contributed by atoms with Crippen LogP contribution in [-0.2, 0) is 0 Å². The molecular weight excluding hydrogens is 238 g/mol. The van der Waals surface area contributed by atoms with Crippen molar-refractivity contribution >= 4 is 23.2 Å². The van der Waals surface area contributed by atoms with E-state index >= 15 is 0 Å². The molecule has 0 N–H and O–H groups in total. The SMILES string of the molecule is Clc1cc(N2CCCCCC2)n2ncnc2n1. The van der Waals surface area contributed by atoms with Crippen molar-refractivity contribution in [3.05, 3.63) is 17.5 Å². The van der Waals surface area contributed by atoms with Crippen molar-refractivity contribution in [2.24, 2.45) is 0 Å². The summed E-state index contributed by atoms with van der Waals surface area (Å²) in [6.45, 7) is 2.10. The summed E-state index contributed by atoms with van der Waals surface area (Å²) in [5, 5.41) is 4.68. The van der Waals surface area contributed by atoms with Gasteiger partial charge in [-0.3, -0.25) is 0 Å². The van der Waals surface area contributed by atoms with Gasteiger partial charge < -0.3 is 4.90 Å². The Morgan fingerprint density at radius 1 is 1.12 bits per heavy atom. The van der Waals surface area contributed by atoms with E-state index in [9.17, 15) is 0 Å². The molecule has 2 aromatic heterocycles. The van der Waals surface area contributed by atoms with Crippen LogP contribution >= 0.6 is 11.6 Å². The highest BCUT2D eigenvalue weighted by molar-refractivity contribution is 6.29. The molecular formula is C11H14ClN5. The van der Waals surface area contributed by atoms with Gasteiger partial charge in [0.25, 0.3) is 5.78 Å². The third kappa shape index (κ3) is 2.07. The van der Waals surface area contributed by atoms with Gasteiger partial charge in [0, 0.05) is 19.2 Å². The normalized spacial score (nSPS) is 17.4. The average Bonchev–Trinajstić information content (AvgIpc) is 2.62. The zero-order valence-corrected chi connectivity index (χ0v) is 10.3. The summed E-state index contributed by atoms with van der Waals surface area (Å²) >= 11 is 6.02. The van der Waals surface area contributed by atoms with E-state index in [2.05, 4.69) is 20.0 Å². The predicted octanol–water partition coefficient (Wildman–Crippen LogP) is 2.16. The molecule has 1 saturated heterocycles. The Morgan fingerprint density at radius 2 is 1.88 bits per heavy atom. The van der Waals surface area contributed by atoms with Crippen molar-refractivity contribution in [2.75, 3.05) is 18.0 Å². The number of anilines is 1. The number of nitrogens with zero attached hydrogens (tertiary/aromatic N) is 5. The Balaban J connectivity index is 2.05. The van der Waals surface area contributed by atoms with Gasteiger partial charge >= 0.3 is 0 Å². The van der Waals surface area contributed by atoms with Crippen LogP contribution in [0, 0.1) is 0 Å². The minimum atomic E-state index is 0.477. The Hall–Kier alpha value is -1.36. The second-order valence-corrected chi connectivity index (χ2v) is 4.70. The quantitative estimate of drug-likeness (QED) is 0.729. The fourth-order valence-corrected chi connectivity index (χ4v) is 2.47. The van der Waals surface area contributed by atoms with E-state index in [0.29, 0.717) is 10.9 Å². The molecule has 1 fully saturated rings. The summed E-state index contributed by atoms with van der Waals surface area (Å²) in [6.07, 6.45) is 6.55. The molecule has 3 heterocycles. The summed E-state index contributed by atoms with van der Waals surface area (Å²) in [4.78, 5) is 10.6. The molecule has 3 rings (SSSR count). The van der Waals surface area contributed by atoms with Crippen LogP contribution in [0.5, 0.6) is 0 Å².